The number of benzene rings is 8. The Morgan fingerprint density at radius 1 is 0.276 bits per heavy atom. The van der Waals surface area contributed by atoms with Crippen molar-refractivity contribution in [3.63, 3.8) is 0 Å². The summed E-state index contributed by atoms with van der Waals surface area (Å²) in [5.74, 6) is 0.154. The first-order chi connectivity index (χ1) is 28.6. The number of phenols is 2. The number of hydrogen-bond donors (Lipinski definition) is 2. The lowest BCUT2D eigenvalue weighted by molar-refractivity contribution is 0.474. The lowest BCUT2D eigenvalue weighted by Gasteiger charge is -2.18. The van der Waals surface area contributed by atoms with Gasteiger partial charge in [0.25, 0.3) is 0 Å². The van der Waals surface area contributed by atoms with Crippen molar-refractivity contribution in [3.05, 3.63) is 274 Å². The number of rotatable bonds is 11. The molecule has 0 fully saturated rings. The molecule has 2 N–H and O–H groups in total. The van der Waals surface area contributed by atoms with Crippen molar-refractivity contribution in [1.29, 1.82) is 0 Å². The Morgan fingerprint density at radius 2 is 0.500 bits per heavy atom. The monoisotopic (exact) mass is 748 g/mol. The van der Waals surface area contributed by atoms with Gasteiger partial charge in [-0.3, -0.25) is 0 Å². The van der Waals surface area contributed by atoms with Crippen LogP contribution in [0.5, 0.6) is 11.5 Å². The van der Waals surface area contributed by atoms with Crippen molar-refractivity contribution in [2.24, 2.45) is 10.2 Å². The van der Waals surface area contributed by atoms with Crippen molar-refractivity contribution in [2.45, 2.75) is 0 Å². The van der Waals surface area contributed by atoms with Crippen LogP contribution in [0.15, 0.2) is 229 Å². The fourth-order valence-corrected chi connectivity index (χ4v) is 7.27. The fraction of sp³-hybridized carbons (Fsp3) is 0. The van der Waals surface area contributed by atoms with Gasteiger partial charge in [0.1, 0.15) is 11.5 Å². The topological polar surface area (TPSA) is 65.2 Å². The molecule has 278 valence electrons. The minimum atomic E-state index is 0.0768. The number of phenolic OH excluding ortho intramolecular Hbond substituents is 2. The van der Waals surface area contributed by atoms with Gasteiger partial charge in [0.15, 0.2) is 0 Å². The third-order valence-electron chi connectivity index (χ3n) is 9.97. The Labute approximate surface area is 339 Å². The Morgan fingerprint density at radius 3 is 0.741 bits per heavy atom. The summed E-state index contributed by atoms with van der Waals surface area (Å²) >= 11 is 0. The largest absolute Gasteiger partial charge is 0.507 e. The van der Waals surface area contributed by atoms with Crippen molar-refractivity contribution in [2.75, 3.05) is 0 Å². The quantitative estimate of drug-likeness (QED) is 0.0786. The maximum Gasteiger partial charge on any atom is 0.124 e. The highest BCUT2D eigenvalue weighted by molar-refractivity contribution is 6.06. The van der Waals surface area contributed by atoms with E-state index in [4.69, 9.17) is 0 Å². The van der Waals surface area contributed by atoms with Gasteiger partial charge in [0, 0.05) is 11.1 Å². The zero-order chi connectivity index (χ0) is 39.5. The van der Waals surface area contributed by atoms with E-state index in [1.807, 2.05) is 133 Å². The minimum Gasteiger partial charge on any atom is -0.507 e. The van der Waals surface area contributed by atoms with E-state index in [0.717, 1.165) is 66.8 Å². The van der Waals surface area contributed by atoms with E-state index in [1.165, 1.54) is 0 Å². The van der Waals surface area contributed by atoms with Crippen LogP contribution in [-0.4, -0.2) is 22.6 Å². The molecule has 8 aromatic carbocycles. The average Bonchev–Trinajstić information content (AvgIpc) is 3.29. The summed E-state index contributed by atoms with van der Waals surface area (Å²) in [6, 6.07) is 73.1. The first kappa shape index (κ1) is 37.1. The molecule has 0 heterocycles. The summed E-state index contributed by atoms with van der Waals surface area (Å²) in [7, 11) is 0. The molecule has 58 heavy (non-hydrogen) atoms. The molecule has 4 nitrogen and oxygen atoms in total. The smallest absolute Gasteiger partial charge is 0.124 e. The molecule has 0 aliphatic heterocycles. The molecule has 0 amide bonds. The van der Waals surface area contributed by atoms with Crippen molar-refractivity contribution >= 4 is 34.7 Å². The normalized spacial score (nSPS) is 11.1. The van der Waals surface area contributed by atoms with Crippen LogP contribution < -0.4 is 0 Å². The Bertz CT molecular complexity index is 2470. The molecule has 8 aromatic rings. The Hall–Kier alpha value is -7.82. The lowest BCUT2D eigenvalue weighted by Crippen LogP contribution is -1.98. The minimum absolute atomic E-state index is 0.0768. The highest BCUT2D eigenvalue weighted by Gasteiger charge is 2.19. The van der Waals surface area contributed by atoms with Gasteiger partial charge in [0.05, 0.1) is 12.4 Å². The summed E-state index contributed by atoms with van der Waals surface area (Å²) < 4.78 is 0. The number of nitrogens with zero attached hydrogens (tertiary/aromatic N) is 2. The van der Waals surface area contributed by atoms with Crippen LogP contribution in [0.25, 0.3) is 22.3 Å². The molecule has 0 aliphatic rings. The molecule has 0 saturated heterocycles. The molecule has 0 spiro atoms. The van der Waals surface area contributed by atoms with Crippen molar-refractivity contribution in [3.8, 4) is 11.5 Å². The molecule has 0 aliphatic carbocycles. The van der Waals surface area contributed by atoms with Gasteiger partial charge < -0.3 is 10.2 Å². The zero-order valence-electron chi connectivity index (χ0n) is 31.7. The van der Waals surface area contributed by atoms with Crippen LogP contribution in [0.1, 0.15) is 55.6 Å². The molecule has 4 heteroatoms. The number of aromatic hydroxyl groups is 2. The Kier molecular flexibility index (Phi) is 11.4. The maximum absolute atomic E-state index is 11.1. The van der Waals surface area contributed by atoms with Crippen molar-refractivity contribution in [1.82, 2.24) is 0 Å². The van der Waals surface area contributed by atoms with E-state index in [-0.39, 0.29) is 11.5 Å². The third-order valence-corrected chi connectivity index (χ3v) is 9.97. The second kappa shape index (κ2) is 17.8. The number of hydrogen-bond acceptors (Lipinski definition) is 4. The molecule has 0 atom stereocenters. The molecular weight excluding hydrogens is 709 g/mol. The van der Waals surface area contributed by atoms with Gasteiger partial charge >= 0.3 is 0 Å². The molecular formula is C54H40N2O2. The van der Waals surface area contributed by atoms with Gasteiger partial charge in [-0.2, -0.15) is 10.2 Å². The summed E-state index contributed by atoms with van der Waals surface area (Å²) in [6.45, 7) is 0. The first-order valence-corrected chi connectivity index (χ1v) is 19.2. The summed E-state index contributed by atoms with van der Waals surface area (Å²) in [6.07, 6.45) is 3.09. The zero-order valence-corrected chi connectivity index (χ0v) is 31.7. The SMILES string of the molecule is Oc1ccc(C(=C(c2ccccc2)c2ccccc2)c2ccccc2)cc1/C=N/N=C/c1cc(C(=C(c2ccccc2)c2ccccc2)c2ccccc2)ccc1O. The average molecular weight is 749 g/mol. The fourth-order valence-electron chi connectivity index (χ4n) is 7.27. The van der Waals surface area contributed by atoms with Crippen LogP contribution in [0.3, 0.4) is 0 Å². The van der Waals surface area contributed by atoms with Gasteiger partial charge in [-0.25, -0.2) is 0 Å². The van der Waals surface area contributed by atoms with Gasteiger partial charge in [-0.1, -0.05) is 194 Å². The van der Waals surface area contributed by atoms with Crippen LogP contribution in [0, 0.1) is 0 Å². The molecule has 0 aromatic heterocycles. The third kappa shape index (κ3) is 8.37. The molecule has 0 unspecified atom stereocenters. The van der Waals surface area contributed by atoms with Crippen LogP contribution in [-0.2, 0) is 0 Å². The van der Waals surface area contributed by atoms with Gasteiger partial charge in [-0.05, 0) is 91.1 Å². The van der Waals surface area contributed by atoms with Crippen molar-refractivity contribution < 1.29 is 10.2 Å². The van der Waals surface area contributed by atoms with E-state index >= 15 is 0 Å². The molecule has 0 saturated carbocycles. The van der Waals surface area contributed by atoms with Crippen LogP contribution in [0.2, 0.25) is 0 Å². The van der Waals surface area contributed by atoms with Crippen LogP contribution in [0.4, 0.5) is 0 Å². The van der Waals surface area contributed by atoms with E-state index in [1.54, 1.807) is 24.6 Å². The molecule has 8 rings (SSSR count). The first-order valence-electron chi connectivity index (χ1n) is 19.2. The van der Waals surface area contributed by atoms with E-state index in [0.29, 0.717) is 11.1 Å². The summed E-state index contributed by atoms with van der Waals surface area (Å²) in [5.41, 5.74) is 13.4. The second-order valence-electron chi connectivity index (χ2n) is 13.7. The molecule has 0 radical (unpaired) electrons. The summed E-state index contributed by atoms with van der Waals surface area (Å²) in [4.78, 5) is 0. The predicted octanol–water partition coefficient (Wildman–Crippen LogP) is 12.6. The lowest BCUT2D eigenvalue weighted by atomic mass is 9.85. The van der Waals surface area contributed by atoms with Gasteiger partial charge in [0.2, 0.25) is 0 Å². The van der Waals surface area contributed by atoms with Gasteiger partial charge in [-0.15, -0.1) is 0 Å². The highest BCUT2D eigenvalue weighted by atomic mass is 16.3. The molecule has 0 bridgehead atoms. The maximum atomic E-state index is 11.1. The second-order valence-corrected chi connectivity index (χ2v) is 13.7. The highest BCUT2D eigenvalue weighted by Crippen LogP contribution is 2.39. The summed E-state index contributed by atoms with van der Waals surface area (Å²) in [5, 5.41) is 30.9. The van der Waals surface area contributed by atoms with Crippen LogP contribution >= 0.6 is 0 Å². The van der Waals surface area contributed by atoms with E-state index in [9.17, 15) is 10.2 Å². The van der Waals surface area contributed by atoms with E-state index in [2.05, 4.69) is 83.0 Å². The van der Waals surface area contributed by atoms with E-state index < -0.39 is 0 Å². The standard InChI is InChI=1S/C54H40N2O2/c57-49-33-31-45(53(43-27-15-5-16-28-43)51(39-19-7-1-8-20-39)40-21-9-2-10-22-40)35-47(49)37-55-56-38-48-36-46(32-34-50(48)58)54(44-29-17-6-18-30-44)52(41-23-11-3-12-24-41)42-25-13-4-14-26-42/h1-38,57-58H/b55-37+,56-38+. The Balaban J connectivity index is 1.19. The predicted molar refractivity (Wildman–Crippen MR) is 240 cm³/mol.